The average molecular weight is 263 g/mol. The van der Waals surface area contributed by atoms with Gasteiger partial charge in [0.1, 0.15) is 5.82 Å². The minimum Gasteiger partial charge on any atom is -0.381 e. The van der Waals surface area contributed by atoms with Crippen molar-refractivity contribution >= 4 is 0 Å². The van der Waals surface area contributed by atoms with E-state index in [1.54, 1.807) is 12.1 Å². The zero-order chi connectivity index (χ0) is 13.2. The van der Waals surface area contributed by atoms with E-state index < -0.39 is 0 Å². The van der Waals surface area contributed by atoms with Crippen LogP contribution in [0.25, 0.3) is 11.4 Å². The van der Waals surface area contributed by atoms with E-state index in [9.17, 15) is 4.39 Å². The SMILES string of the molecule is NC1CCOCC1c1nc(-c2cccc(F)c2)no1. The molecule has 0 aliphatic carbocycles. The van der Waals surface area contributed by atoms with Gasteiger partial charge in [-0.05, 0) is 18.6 Å². The molecule has 0 saturated carbocycles. The van der Waals surface area contributed by atoms with E-state index in [4.69, 9.17) is 15.0 Å². The summed E-state index contributed by atoms with van der Waals surface area (Å²) in [6.07, 6.45) is 0.766. The van der Waals surface area contributed by atoms with E-state index in [1.807, 2.05) is 0 Å². The topological polar surface area (TPSA) is 74.2 Å². The molecule has 19 heavy (non-hydrogen) atoms. The summed E-state index contributed by atoms with van der Waals surface area (Å²) in [6, 6.07) is 6.03. The normalized spacial score (nSPS) is 23.5. The molecule has 0 spiro atoms. The predicted molar refractivity (Wildman–Crippen MR) is 65.8 cm³/mol. The Morgan fingerprint density at radius 2 is 2.26 bits per heavy atom. The summed E-state index contributed by atoms with van der Waals surface area (Å²) in [4.78, 5) is 4.29. The summed E-state index contributed by atoms with van der Waals surface area (Å²) < 4.78 is 23.7. The first-order valence-electron chi connectivity index (χ1n) is 6.17. The number of halogens is 1. The first-order chi connectivity index (χ1) is 9.24. The summed E-state index contributed by atoms with van der Waals surface area (Å²) in [5.74, 6) is 0.392. The highest BCUT2D eigenvalue weighted by Crippen LogP contribution is 2.25. The molecular formula is C13H14FN3O2. The molecule has 1 aromatic heterocycles. The van der Waals surface area contributed by atoms with Crippen LogP contribution in [0.15, 0.2) is 28.8 Å². The Kier molecular flexibility index (Phi) is 3.27. The minimum absolute atomic E-state index is 0.0467. The van der Waals surface area contributed by atoms with Crippen LogP contribution in [-0.4, -0.2) is 29.4 Å². The van der Waals surface area contributed by atoms with E-state index in [1.165, 1.54) is 12.1 Å². The average Bonchev–Trinajstić information content (AvgIpc) is 2.89. The fraction of sp³-hybridized carbons (Fsp3) is 0.385. The third kappa shape index (κ3) is 2.50. The maximum absolute atomic E-state index is 13.2. The number of benzene rings is 1. The van der Waals surface area contributed by atoms with Crippen LogP contribution in [0.3, 0.4) is 0 Å². The van der Waals surface area contributed by atoms with Gasteiger partial charge in [0.05, 0.1) is 12.5 Å². The van der Waals surface area contributed by atoms with Crippen LogP contribution in [0.1, 0.15) is 18.2 Å². The van der Waals surface area contributed by atoms with Crippen molar-refractivity contribution in [2.45, 2.75) is 18.4 Å². The second kappa shape index (κ2) is 5.07. The van der Waals surface area contributed by atoms with E-state index in [0.717, 1.165) is 6.42 Å². The largest absolute Gasteiger partial charge is 0.381 e. The second-order valence-electron chi connectivity index (χ2n) is 4.60. The number of hydrogen-bond acceptors (Lipinski definition) is 5. The Morgan fingerprint density at radius 1 is 1.37 bits per heavy atom. The lowest BCUT2D eigenvalue weighted by molar-refractivity contribution is 0.0590. The molecule has 100 valence electrons. The molecule has 1 aliphatic rings. The van der Waals surface area contributed by atoms with E-state index in [2.05, 4.69) is 10.1 Å². The van der Waals surface area contributed by atoms with Gasteiger partial charge in [-0.15, -0.1) is 0 Å². The molecule has 1 aliphatic heterocycles. The number of aromatic nitrogens is 2. The Morgan fingerprint density at radius 3 is 3.05 bits per heavy atom. The zero-order valence-electron chi connectivity index (χ0n) is 10.3. The van der Waals surface area contributed by atoms with Crippen molar-refractivity contribution in [2.24, 2.45) is 5.73 Å². The highest BCUT2D eigenvalue weighted by atomic mass is 19.1. The zero-order valence-corrected chi connectivity index (χ0v) is 10.3. The molecule has 3 rings (SSSR count). The molecule has 1 fully saturated rings. The molecule has 1 aromatic carbocycles. The molecule has 1 saturated heterocycles. The summed E-state index contributed by atoms with van der Waals surface area (Å²) >= 11 is 0. The standard InChI is InChI=1S/C13H14FN3O2/c14-9-3-1-2-8(6-9)12-16-13(19-17-12)10-7-18-5-4-11(10)15/h1-3,6,10-11H,4-5,7,15H2. The lowest BCUT2D eigenvalue weighted by Gasteiger charge is -2.25. The first-order valence-corrected chi connectivity index (χ1v) is 6.17. The van der Waals surface area contributed by atoms with Gasteiger partial charge in [-0.1, -0.05) is 17.3 Å². The van der Waals surface area contributed by atoms with Gasteiger partial charge in [-0.2, -0.15) is 4.98 Å². The Balaban J connectivity index is 1.86. The van der Waals surface area contributed by atoms with Crippen LogP contribution in [0.2, 0.25) is 0 Å². The monoisotopic (exact) mass is 263 g/mol. The molecule has 2 unspecified atom stereocenters. The van der Waals surface area contributed by atoms with Crippen LogP contribution in [0.4, 0.5) is 4.39 Å². The van der Waals surface area contributed by atoms with Crippen LogP contribution in [0.5, 0.6) is 0 Å². The van der Waals surface area contributed by atoms with Crippen LogP contribution >= 0.6 is 0 Å². The molecule has 2 atom stereocenters. The van der Waals surface area contributed by atoms with E-state index in [-0.39, 0.29) is 17.8 Å². The lowest BCUT2D eigenvalue weighted by atomic mass is 9.97. The smallest absolute Gasteiger partial charge is 0.233 e. The number of hydrogen-bond donors (Lipinski definition) is 1. The number of nitrogens with two attached hydrogens (primary N) is 1. The Labute approximate surface area is 109 Å². The fourth-order valence-corrected chi connectivity index (χ4v) is 2.14. The van der Waals surface area contributed by atoms with Crippen molar-refractivity contribution < 1.29 is 13.7 Å². The van der Waals surface area contributed by atoms with Crippen LogP contribution in [0, 0.1) is 5.82 Å². The summed E-state index contributed by atoms with van der Waals surface area (Å²) in [6.45, 7) is 1.13. The molecule has 0 bridgehead atoms. The van der Waals surface area contributed by atoms with Gasteiger partial charge < -0.3 is 15.0 Å². The van der Waals surface area contributed by atoms with Crippen molar-refractivity contribution in [3.05, 3.63) is 36.0 Å². The highest BCUT2D eigenvalue weighted by Gasteiger charge is 2.29. The molecular weight excluding hydrogens is 249 g/mol. The Hall–Kier alpha value is -1.79. The van der Waals surface area contributed by atoms with Gasteiger partial charge >= 0.3 is 0 Å². The van der Waals surface area contributed by atoms with Crippen molar-refractivity contribution in [3.63, 3.8) is 0 Å². The maximum atomic E-state index is 13.2. The van der Waals surface area contributed by atoms with E-state index in [0.29, 0.717) is 30.5 Å². The van der Waals surface area contributed by atoms with Gasteiger partial charge in [0.25, 0.3) is 0 Å². The summed E-state index contributed by atoms with van der Waals surface area (Å²) in [7, 11) is 0. The van der Waals surface area contributed by atoms with Gasteiger partial charge in [0.2, 0.25) is 11.7 Å². The van der Waals surface area contributed by atoms with Gasteiger partial charge in [0, 0.05) is 18.2 Å². The summed E-state index contributed by atoms with van der Waals surface area (Å²) in [5, 5.41) is 3.87. The maximum Gasteiger partial charge on any atom is 0.233 e. The van der Waals surface area contributed by atoms with Crippen LogP contribution in [-0.2, 0) is 4.74 Å². The molecule has 2 N–H and O–H groups in total. The fourth-order valence-electron chi connectivity index (χ4n) is 2.14. The van der Waals surface area contributed by atoms with Crippen molar-refractivity contribution in [1.82, 2.24) is 10.1 Å². The van der Waals surface area contributed by atoms with E-state index >= 15 is 0 Å². The number of rotatable bonds is 2. The lowest BCUT2D eigenvalue weighted by Crippen LogP contribution is -2.37. The van der Waals surface area contributed by atoms with Crippen LogP contribution < -0.4 is 5.73 Å². The molecule has 2 aromatic rings. The molecule has 0 amide bonds. The Bertz CT molecular complexity index is 573. The van der Waals surface area contributed by atoms with Crippen molar-refractivity contribution in [3.8, 4) is 11.4 Å². The summed E-state index contributed by atoms with van der Waals surface area (Å²) in [5.41, 5.74) is 6.60. The van der Waals surface area contributed by atoms with Crippen molar-refractivity contribution in [2.75, 3.05) is 13.2 Å². The number of nitrogens with zero attached hydrogens (tertiary/aromatic N) is 2. The van der Waals surface area contributed by atoms with Gasteiger partial charge in [0.15, 0.2) is 0 Å². The molecule has 5 nitrogen and oxygen atoms in total. The number of ether oxygens (including phenoxy) is 1. The highest BCUT2D eigenvalue weighted by molar-refractivity contribution is 5.53. The quantitative estimate of drug-likeness (QED) is 0.892. The van der Waals surface area contributed by atoms with Crippen molar-refractivity contribution in [1.29, 1.82) is 0 Å². The third-order valence-corrected chi connectivity index (χ3v) is 3.25. The molecule has 0 radical (unpaired) electrons. The first kappa shape index (κ1) is 12.3. The molecule has 6 heteroatoms. The predicted octanol–water partition coefficient (Wildman–Crippen LogP) is 1.71. The van der Waals surface area contributed by atoms with Gasteiger partial charge in [-0.3, -0.25) is 0 Å². The second-order valence-corrected chi connectivity index (χ2v) is 4.60. The molecule has 2 heterocycles. The van der Waals surface area contributed by atoms with Gasteiger partial charge in [-0.25, -0.2) is 4.39 Å². The third-order valence-electron chi connectivity index (χ3n) is 3.25. The minimum atomic E-state index is -0.332.